The molecule has 3 N–H and O–H groups in total. The molecule has 1 aromatic heterocycles. The van der Waals surface area contributed by atoms with Crippen molar-refractivity contribution in [2.75, 3.05) is 30.3 Å². The monoisotopic (exact) mass is 416 g/mol. The van der Waals surface area contributed by atoms with Crippen molar-refractivity contribution in [1.82, 2.24) is 10.3 Å². The Kier molecular flexibility index (Phi) is 5.16. The predicted octanol–water partition coefficient (Wildman–Crippen LogP) is 4.14. The van der Waals surface area contributed by atoms with Crippen molar-refractivity contribution >= 4 is 17.4 Å². The number of carbonyl (C=O) groups excluding carboxylic acids is 1. The lowest BCUT2D eigenvalue weighted by Gasteiger charge is -2.29. The van der Waals surface area contributed by atoms with E-state index in [0.29, 0.717) is 29.3 Å². The number of amides is 1. The maximum atomic E-state index is 14.8. The first-order valence-corrected chi connectivity index (χ1v) is 10.8. The number of nitrogen functional groups attached to an aromatic ring is 1. The molecule has 2 aliphatic heterocycles. The van der Waals surface area contributed by atoms with Gasteiger partial charge in [-0.1, -0.05) is 42.5 Å². The maximum absolute atomic E-state index is 14.8. The molecule has 158 valence electrons. The summed E-state index contributed by atoms with van der Waals surface area (Å²) in [5, 5.41) is 3.38. The van der Waals surface area contributed by atoms with Crippen molar-refractivity contribution in [3.63, 3.8) is 0 Å². The third-order valence-electron chi connectivity index (χ3n) is 6.41. The third kappa shape index (κ3) is 3.68. The van der Waals surface area contributed by atoms with Crippen molar-refractivity contribution < 1.29 is 9.18 Å². The maximum Gasteiger partial charge on any atom is 0.258 e. The van der Waals surface area contributed by atoms with Crippen LogP contribution < -0.4 is 16.0 Å². The molecule has 3 aromatic rings. The molecule has 6 heteroatoms. The Morgan fingerprint density at radius 2 is 1.77 bits per heavy atom. The highest BCUT2D eigenvalue weighted by Gasteiger charge is 2.28. The average molecular weight is 417 g/mol. The van der Waals surface area contributed by atoms with Gasteiger partial charge < -0.3 is 16.0 Å². The van der Waals surface area contributed by atoms with E-state index in [1.807, 2.05) is 36.4 Å². The van der Waals surface area contributed by atoms with Crippen molar-refractivity contribution in [2.45, 2.75) is 25.2 Å². The number of hydrogen-bond acceptors (Lipinski definition) is 4. The van der Waals surface area contributed by atoms with E-state index >= 15 is 0 Å². The summed E-state index contributed by atoms with van der Waals surface area (Å²) in [5.74, 6) is -0.193. The molecule has 3 heterocycles. The molecule has 0 atom stereocenters. The number of halogens is 1. The standard InChI is InChI=1S/C25H25FN4O/c26-23-21(19-7-5-16(6-8-19)17-9-12-28-13-10-17)15-22(24(27)29-23)30-14-11-18-3-1-2-4-20(18)25(30)31/h1-8,15,17,28H,9-14H2,(H2,27,29). The number of anilines is 2. The van der Waals surface area contributed by atoms with Crippen LogP contribution in [0.4, 0.5) is 15.9 Å². The Hall–Kier alpha value is -3.25. The van der Waals surface area contributed by atoms with E-state index < -0.39 is 5.95 Å². The molecule has 0 bridgehead atoms. The summed E-state index contributed by atoms with van der Waals surface area (Å²) in [5.41, 5.74) is 10.5. The van der Waals surface area contributed by atoms with Gasteiger partial charge in [0, 0.05) is 17.7 Å². The van der Waals surface area contributed by atoms with Crippen LogP contribution in [-0.4, -0.2) is 30.5 Å². The number of pyridine rings is 1. The number of hydrogen-bond donors (Lipinski definition) is 2. The lowest BCUT2D eigenvalue weighted by atomic mass is 9.89. The van der Waals surface area contributed by atoms with Crippen LogP contribution in [0.2, 0.25) is 0 Å². The fraction of sp³-hybridized carbons (Fsp3) is 0.280. The molecule has 0 saturated carbocycles. The Balaban J connectivity index is 1.47. The van der Waals surface area contributed by atoms with Gasteiger partial charge in [-0.15, -0.1) is 0 Å². The topological polar surface area (TPSA) is 71.2 Å². The molecular formula is C25H25FN4O. The Labute approximate surface area is 181 Å². The molecule has 1 saturated heterocycles. The van der Waals surface area contributed by atoms with E-state index in [0.717, 1.165) is 43.5 Å². The van der Waals surface area contributed by atoms with Crippen molar-refractivity contribution in [2.24, 2.45) is 0 Å². The van der Waals surface area contributed by atoms with Gasteiger partial charge in [0.25, 0.3) is 5.91 Å². The van der Waals surface area contributed by atoms with E-state index in [-0.39, 0.29) is 11.7 Å². The second kappa shape index (κ2) is 8.12. The van der Waals surface area contributed by atoms with Gasteiger partial charge in [-0.05, 0) is 67.1 Å². The van der Waals surface area contributed by atoms with Crippen molar-refractivity contribution in [1.29, 1.82) is 0 Å². The highest BCUT2D eigenvalue weighted by atomic mass is 19.1. The molecule has 2 aliphatic rings. The van der Waals surface area contributed by atoms with Crippen LogP contribution in [0.5, 0.6) is 0 Å². The fourth-order valence-corrected chi connectivity index (χ4v) is 4.66. The summed E-state index contributed by atoms with van der Waals surface area (Å²) >= 11 is 0. The van der Waals surface area contributed by atoms with Gasteiger partial charge in [-0.2, -0.15) is 4.39 Å². The van der Waals surface area contributed by atoms with Gasteiger partial charge in [0.1, 0.15) is 0 Å². The number of piperidine rings is 1. The normalized spacial score (nSPS) is 16.9. The number of benzene rings is 2. The first-order valence-electron chi connectivity index (χ1n) is 10.8. The summed E-state index contributed by atoms with van der Waals surface area (Å²) < 4.78 is 14.8. The minimum atomic E-state index is -0.624. The molecule has 1 amide bonds. The predicted molar refractivity (Wildman–Crippen MR) is 121 cm³/mol. The zero-order chi connectivity index (χ0) is 21.4. The summed E-state index contributed by atoms with van der Waals surface area (Å²) in [6, 6.07) is 17.2. The van der Waals surface area contributed by atoms with Crippen LogP contribution >= 0.6 is 0 Å². The molecule has 0 aliphatic carbocycles. The first kappa shape index (κ1) is 19.7. The number of aromatic nitrogens is 1. The molecule has 5 rings (SSSR count). The minimum Gasteiger partial charge on any atom is -0.382 e. The van der Waals surface area contributed by atoms with Crippen LogP contribution in [0, 0.1) is 5.95 Å². The molecule has 31 heavy (non-hydrogen) atoms. The lowest BCUT2D eigenvalue weighted by molar-refractivity contribution is 0.0980. The van der Waals surface area contributed by atoms with Crippen molar-refractivity contribution in [3.8, 4) is 11.1 Å². The summed E-state index contributed by atoms with van der Waals surface area (Å²) in [7, 11) is 0. The van der Waals surface area contributed by atoms with Gasteiger partial charge in [0.15, 0.2) is 5.82 Å². The zero-order valence-corrected chi connectivity index (χ0v) is 17.3. The third-order valence-corrected chi connectivity index (χ3v) is 6.41. The van der Waals surface area contributed by atoms with Crippen LogP contribution in [-0.2, 0) is 6.42 Å². The lowest BCUT2D eigenvalue weighted by Crippen LogP contribution is -2.38. The van der Waals surface area contributed by atoms with Crippen LogP contribution in [0.25, 0.3) is 11.1 Å². The average Bonchev–Trinajstić information content (AvgIpc) is 2.81. The largest absolute Gasteiger partial charge is 0.382 e. The molecule has 1 fully saturated rings. The van der Waals surface area contributed by atoms with Gasteiger partial charge in [-0.25, -0.2) is 4.98 Å². The fourth-order valence-electron chi connectivity index (χ4n) is 4.66. The summed E-state index contributed by atoms with van der Waals surface area (Å²) in [6.45, 7) is 2.54. The molecule has 0 radical (unpaired) electrons. The van der Waals surface area contributed by atoms with Gasteiger partial charge in [0.2, 0.25) is 5.95 Å². The molecule has 0 spiro atoms. The Morgan fingerprint density at radius 1 is 1.03 bits per heavy atom. The number of nitrogens with one attached hydrogen (secondary N) is 1. The van der Waals surface area contributed by atoms with E-state index in [9.17, 15) is 9.18 Å². The number of carbonyl (C=O) groups is 1. The molecular weight excluding hydrogens is 391 g/mol. The summed E-state index contributed by atoms with van der Waals surface area (Å²) in [6.07, 6.45) is 2.94. The minimum absolute atomic E-state index is 0.0281. The number of fused-ring (bicyclic) bond motifs is 1. The second-order valence-electron chi connectivity index (χ2n) is 8.24. The number of rotatable bonds is 3. The number of nitrogens with two attached hydrogens (primary N) is 1. The van der Waals surface area contributed by atoms with E-state index in [1.54, 1.807) is 11.0 Å². The smallest absolute Gasteiger partial charge is 0.258 e. The molecule has 5 nitrogen and oxygen atoms in total. The summed E-state index contributed by atoms with van der Waals surface area (Å²) in [4.78, 5) is 18.6. The highest BCUT2D eigenvalue weighted by molar-refractivity contribution is 6.09. The van der Waals surface area contributed by atoms with Gasteiger partial charge in [0.05, 0.1) is 5.69 Å². The van der Waals surface area contributed by atoms with Crippen LogP contribution in [0.15, 0.2) is 54.6 Å². The number of nitrogens with zero attached hydrogens (tertiary/aromatic N) is 2. The first-order chi connectivity index (χ1) is 15.1. The van der Waals surface area contributed by atoms with Crippen molar-refractivity contribution in [3.05, 3.63) is 77.2 Å². The second-order valence-corrected chi connectivity index (χ2v) is 8.24. The van der Waals surface area contributed by atoms with E-state index in [2.05, 4.69) is 22.4 Å². The van der Waals surface area contributed by atoms with Gasteiger partial charge in [-0.3, -0.25) is 4.79 Å². The quantitative estimate of drug-likeness (QED) is 0.630. The van der Waals surface area contributed by atoms with E-state index in [4.69, 9.17) is 5.73 Å². The highest BCUT2D eigenvalue weighted by Crippen LogP contribution is 2.34. The Morgan fingerprint density at radius 3 is 2.55 bits per heavy atom. The van der Waals surface area contributed by atoms with Crippen LogP contribution in [0.3, 0.4) is 0 Å². The SMILES string of the molecule is Nc1nc(F)c(-c2ccc(C3CCNCC3)cc2)cc1N1CCc2ccccc2C1=O. The van der Waals surface area contributed by atoms with E-state index in [1.165, 1.54) is 5.56 Å². The molecule has 2 aromatic carbocycles. The molecule has 0 unspecified atom stereocenters. The Bertz CT molecular complexity index is 1120. The van der Waals surface area contributed by atoms with Crippen LogP contribution in [0.1, 0.15) is 40.2 Å². The zero-order valence-electron chi connectivity index (χ0n) is 17.3. The van der Waals surface area contributed by atoms with Gasteiger partial charge >= 0.3 is 0 Å².